The highest BCUT2D eigenvalue weighted by Gasteiger charge is 2.31. The molecule has 2 aliphatic rings. The molecule has 1 aliphatic carbocycles. The van der Waals surface area contributed by atoms with Crippen LogP contribution < -0.4 is 10.2 Å². The minimum Gasteiger partial charge on any atom is -0.391 e. The maximum atomic E-state index is 12.2. The zero-order valence-corrected chi connectivity index (χ0v) is 13.8. The van der Waals surface area contributed by atoms with E-state index >= 15 is 0 Å². The number of amides is 2. The van der Waals surface area contributed by atoms with Gasteiger partial charge in [0.15, 0.2) is 0 Å². The standard InChI is InChI=1S/C18H27N3O2/c1-20(13-17(22)14-7-8-14)18(23)19-15-9-11-21(12-10-15)16-5-3-2-4-6-16/h2-6,14-15,17,22H,7-13H2,1H3,(H,19,23). The van der Waals surface area contributed by atoms with Crippen LogP contribution in [0.5, 0.6) is 0 Å². The Hall–Kier alpha value is -1.75. The Morgan fingerprint density at radius 2 is 1.91 bits per heavy atom. The van der Waals surface area contributed by atoms with Crippen molar-refractivity contribution in [3.05, 3.63) is 30.3 Å². The fourth-order valence-electron chi connectivity index (χ4n) is 3.20. The van der Waals surface area contributed by atoms with Crippen molar-refractivity contribution in [3.63, 3.8) is 0 Å². The SMILES string of the molecule is CN(CC(O)C1CC1)C(=O)NC1CCN(c2ccccc2)CC1. The molecular weight excluding hydrogens is 290 g/mol. The summed E-state index contributed by atoms with van der Waals surface area (Å²) in [4.78, 5) is 16.2. The largest absolute Gasteiger partial charge is 0.391 e. The minimum absolute atomic E-state index is 0.0668. The topological polar surface area (TPSA) is 55.8 Å². The highest BCUT2D eigenvalue weighted by Crippen LogP contribution is 2.32. The van der Waals surface area contributed by atoms with Gasteiger partial charge in [0.1, 0.15) is 0 Å². The average Bonchev–Trinajstić information content (AvgIpc) is 3.41. The number of anilines is 1. The van der Waals surface area contributed by atoms with Gasteiger partial charge in [-0.2, -0.15) is 0 Å². The van der Waals surface area contributed by atoms with Crippen LogP contribution in [0.3, 0.4) is 0 Å². The van der Waals surface area contributed by atoms with E-state index in [1.165, 1.54) is 5.69 Å². The first-order chi connectivity index (χ1) is 11.1. The van der Waals surface area contributed by atoms with Gasteiger partial charge in [0.05, 0.1) is 6.10 Å². The Morgan fingerprint density at radius 1 is 1.26 bits per heavy atom. The summed E-state index contributed by atoms with van der Waals surface area (Å²) in [7, 11) is 1.76. The van der Waals surface area contributed by atoms with Gasteiger partial charge in [-0.1, -0.05) is 18.2 Å². The second-order valence-electron chi connectivity index (χ2n) is 6.83. The van der Waals surface area contributed by atoms with Crippen molar-refractivity contribution in [2.45, 2.75) is 37.8 Å². The molecule has 1 saturated heterocycles. The lowest BCUT2D eigenvalue weighted by Gasteiger charge is -2.34. The van der Waals surface area contributed by atoms with Gasteiger partial charge in [-0.25, -0.2) is 4.79 Å². The van der Waals surface area contributed by atoms with E-state index in [0.717, 1.165) is 38.8 Å². The van der Waals surface area contributed by atoms with Crippen LogP contribution in [-0.2, 0) is 0 Å². The maximum absolute atomic E-state index is 12.2. The van der Waals surface area contributed by atoms with Crippen molar-refractivity contribution in [2.75, 3.05) is 31.6 Å². The van der Waals surface area contributed by atoms with E-state index in [1.807, 2.05) is 6.07 Å². The van der Waals surface area contributed by atoms with E-state index in [2.05, 4.69) is 34.5 Å². The molecule has 126 valence electrons. The Morgan fingerprint density at radius 3 is 2.52 bits per heavy atom. The molecule has 1 saturated carbocycles. The smallest absolute Gasteiger partial charge is 0.317 e. The molecule has 1 atom stereocenters. The van der Waals surface area contributed by atoms with E-state index in [0.29, 0.717) is 12.5 Å². The number of hydrogen-bond acceptors (Lipinski definition) is 3. The fourth-order valence-corrected chi connectivity index (χ4v) is 3.20. The minimum atomic E-state index is -0.370. The molecule has 2 amide bonds. The molecular formula is C18H27N3O2. The van der Waals surface area contributed by atoms with Crippen LogP contribution in [0.1, 0.15) is 25.7 Å². The van der Waals surface area contributed by atoms with Crippen LogP contribution in [-0.4, -0.2) is 54.9 Å². The van der Waals surface area contributed by atoms with Crippen LogP contribution in [0.4, 0.5) is 10.5 Å². The Labute approximate surface area is 138 Å². The number of carbonyl (C=O) groups is 1. The Balaban J connectivity index is 1.42. The third kappa shape index (κ3) is 4.38. The lowest BCUT2D eigenvalue weighted by Crippen LogP contribution is -2.49. The van der Waals surface area contributed by atoms with Gasteiger partial charge in [-0.05, 0) is 43.7 Å². The van der Waals surface area contributed by atoms with Crippen LogP contribution in [0, 0.1) is 5.92 Å². The molecule has 2 fully saturated rings. The first kappa shape index (κ1) is 16.1. The molecule has 0 aromatic heterocycles. The van der Waals surface area contributed by atoms with Crippen molar-refractivity contribution in [1.82, 2.24) is 10.2 Å². The fraction of sp³-hybridized carbons (Fsp3) is 0.611. The number of likely N-dealkylation sites (N-methyl/N-ethyl adjacent to an activating group) is 1. The zero-order valence-electron chi connectivity index (χ0n) is 13.8. The summed E-state index contributed by atoms with van der Waals surface area (Å²) in [6.07, 6.45) is 3.73. The summed E-state index contributed by atoms with van der Waals surface area (Å²) in [5, 5.41) is 13.1. The molecule has 5 nitrogen and oxygen atoms in total. The van der Waals surface area contributed by atoms with Crippen LogP contribution >= 0.6 is 0 Å². The summed E-state index contributed by atoms with van der Waals surface area (Å²) in [5.74, 6) is 0.402. The third-order valence-corrected chi connectivity index (χ3v) is 4.92. The zero-order chi connectivity index (χ0) is 16.2. The van der Waals surface area contributed by atoms with Crippen molar-refractivity contribution in [2.24, 2.45) is 5.92 Å². The van der Waals surface area contributed by atoms with E-state index in [4.69, 9.17) is 0 Å². The lowest BCUT2D eigenvalue weighted by atomic mass is 10.0. The number of rotatable bonds is 5. The number of hydrogen-bond donors (Lipinski definition) is 2. The van der Waals surface area contributed by atoms with E-state index in [9.17, 15) is 9.90 Å². The molecule has 5 heteroatoms. The lowest BCUT2D eigenvalue weighted by molar-refractivity contribution is 0.112. The predicted molar refractivity (Wildman–Crippen MR) is 91.6 cm³/mol. The van der Waals surface area contributed by atoms with Gasteiger partial charge in [-0.3, -0.25) is 0 Å². The number of nitrogens with zero attached hydrogens (tertiary/aromatic N) is 2. The number of aliphatic hydroxyl groups excluding tert-OH is 1. The number of piperidine rings is 1. The quantitative estimate of drug-likeness (QED) is 0.874. The molecule has 1 aromatic carbocycles. The number of para-hydroxylation sites is 1. The van der Waals surface area contributed by atoms with E-state index in [-0.39, 0.29) is 18.2 Å². The second-order valence-corrected chi connectivity index (χ2v) is 6.83. The monoisotopic (exact) mass is 317 g/mol. The summed E-state index contributed by atoms with van der Waals surface area (Å²) in [6, 6.07) is 10.6. The second kappa shape index (κ2) is 7.21. The van der Waals surface area contributed by atoms with Gasteiger partial charge < -0.3 is 20.2 Å². The first-order valence-electron chi connectivity index (χ1n) is 8.63. The van der Waals surface area contributed by atoms with Gasteiger partial charge in [-0.15, -0.1) is 0 Å². The van der Waals surface area contributed by atoms with Gasteiger partial charge >= 0.3 is 6.03 Å². The highest BCUT2D eigenvalue weighted by atomic mass is 16.3. The number of carbonyl (C=O) groups excluding carboxylic acids is 1. The number of benzene rings is 1. The molecule has 1 unspecified atom stereocenters. The summed E-state index contributed by atoms with van der Waals surface area (Å²) in [5.41, 5.74) is 1.25. The summed E-state index contributed by atoms with van der Waals surface area (Å²) in [6.45, 7) is 2.35. The van der Waals surface area contributed by atoms with Crippen LogP contribution in [0.25, 0.3) is 0 Å². The van der Waals surface area contributed by atoms with Crippen LogP contribution in [0.15, 0.2) is 30.3 Å². The summed E-state index contributed by atoms with van der Waals surface area (Å²) >= 11 is 0. The molecule has 2 N–H and O–H groups in total. The molecule has 23 heavy (non-hydrogen) atoms. The molecule has 1 aromatic rings. The van der Waals surface area contributed by atoms with Crippen molar-refractivity contribution < 1.29 is 9.90 Å². The maximum Gasteiger partial charge on any atom is 0.317 e. The highest BCUT2D eigenvalue weighted by molar-refractivity contribution is 5.74. The van der Waals surface area contributed by atoms with E-state index < -0.39 is 0 Å². The van der Waals surface area contributed by atoms with Gasteiger partial charge in [0, 0.05) is 38.4 Å². The van der Waals surface area contributed by atoms with Gasteiger partial charge in [0.2, 0.25) is 0 Å². The summed E-state index contributed by atoms with van der Waals surface area (Å²) < 4.78 is 0. The molecule has 0 radical (unpaired) electrons. The predicted octanol–water partition coefficient (Wildman–Crippen LogP) is 2.07. The first-order valence-corrected chi connectivity index (χ1v) is 8.63. The third-order valence-electron chi connectivity index (χ3n) is 4.92. The molecule has 0 bridgehead atoms. The number of urea groups is 1. The van der Waals surface area contributed by atoms with Crippen molar-refractivity contribution in [1.29, 1.82) is 0 Å². The average molecular weight is 317 g/mol. The van der Waals surface area contributed by atoms with E-state index in [1.54, 1.807) is 11.9 Å². The van der Waals surface area contributed by atoms with Crippen LogP contribution in [0.2, 0.25) is 0 Å². The Kier molecular flexibility index (Phi) is 5.06. The molecule has 1 aliphatic heterocycles. The van der Waals surface area contributed by atoms with Crippen molar-refractivity contribution >= 4 is 11.7 Å². The molecule has 3 rings (SSSR count). The Bertz CT molecular complexity index is 510. The normalized spacial score (nSPS) is 20.2. The van der Waals surface area contributed by atoms with Gasteiger partial charge in [0.25, 0.3) is 0 Å². The number of aliphatic hydroxyl groups is 1. The molecule has 1 heterocycles. The molecule has 0 spiro atoms. The van der Waals surface area contributed by atoms with Crippen molar-refractivity contribution in [3.8, 4) is 0 Å². The number of nitrogens with one attached hydrogen (secondary N) is 1.